The number of anilines is 1. The van der Waals surface area contributed by atoms with Gasteiger partial charge in [-0.05, 0) is 73.7 Å². The van der Waals surface area contributed by atoms with Gasteiger partial charge in [0.1, 0.15) is 41.4 Å². The van der Waals surface area contributed by atoms with Gasteiger partial charge < -0.3 is 29.0 Å². The minimum atomic E-state index is -0.664. The van der Waals surface area contributed by atoms with Crippen LogP contribution in [0, 0.1) is 28.1 Å². The first-order valence-corrected chi connectivity index (χ1v) is 21.2. The molecule has 1 aliphatic carbocycles. The van der Waals surface area contributed by atoms with Crippen LogP contribution in [-0.4, -0.2) is 90.4 Å². The molecule has 1 atom stereocenters. The Kier molecular flexibility index (Phi) is 10.1. The Bertz CT molecular complexity index is 2410. The van der Waals surface area contributed by atoms with Crippen LogP contribution in [0.2, 0.25) is 5.02 Å². The van der Waals surface area contributed by atoms with E-state index in [1.807, 2.05) is 36.4 Å². The number of rotatable bonds is 10. The van der Waals surface area contributed by atoms with Crippen molar-refractivity contribution in [2.75, 3.05) is 37.6 Å². The average molecular weight is 833 g/mol. The van der Waals surface area contributed by atoms with Gasteiger partial charge in [-0.2, -0.15) is 5.26 Å². The molecule has 2 N–H and O–H groups in total. The highest BCUT2D eigenvalue weighted by Crippen LogP contribution is 2.55. The van der Waals surface area contributed by atoms with E-state index in [1.165, 1.54) is 4.90 Å². The maximum Gasteiger partial charge on any atom is 0.290 e. The van der Waals surface area contributed by atoms with Crippen LogP contribution in [-0.2, 0) is 16.1 Å². The van der Waals surface area contributed by atoms with Gasteiger partial charge in [-0.15, -0.1) is 0 Å². The number of carbonyl (C=O) groups is 4. The van der Waals surface area contributed by atoms with E-state index in [-0.39, 0.29) is 59.0 Å². The van der Waals surface area contributed by atoms with Crippen molar-refractivity contribution in [2.24, 2.45) is 16.7 Å². The highest BCUT2D eigenvalue weighted by molar-refractivity contribution is 6.31. The first-order valence-electron chi connectivity index (χ1n) is 20.8. The molecule has 1 saturated carbocycles. The van der Waals surface area contributed by atoms with E-state index in [2.05, 4.69) is 60.3 Å². The lowest BCUT2D eigenvalue weighted by molar-refractivity contribution is -0.164. The van der Waals surface area contributed by atoms with Gasteiger partial charge >= 0.3 is 0 Å². The molecule has 14 heteroatoms. The average Bonchev–Trinajstić information content (AvgIpc) is 3.73. The summed E-state index contributed by atoms with van der Waals surface area (Å²) in [6.45, 7) is 13.3. The highest BCUT2D eigenvalue weighted by Gasteiger charge is 2.64. The van der Waals surface area contributed by atoms with E-state index in [9.17, 15) is 24.4 Å². The lowest BCUT2D eigenvalue weighted by atomic mass is 9.49. The van der Waals surface area contributed by atoms with Gasteiger partial charge in [-0.3, -0.25) is 29.4 Å². The molecule has 5 heterocycles. The number of hydrogen-bond acceptors (Lipinski definition) is 10. The predicted octanol–water partition coefficient (Wildman–Crippen LogP) is 6.31. The van der Waals surface area contributed by atoms with E-state index >= 15 is 0 Å². The summed E-state index contributed by atoms with van der Waals surface area (Å²) < 4.78 is 18.7. The number of hydrogen-bond donors (Lipinski definition) is 2. The summed E-state index contributed by atoms with van der Waals surface area (Å²) in [5.74, 6) is 1.04. The molecule has 4 amide bonds. The summed E-state index contributed by atoms with van der Waals surface area (Å²) >= 11 is 6.24. The number of nitriles is 1. The fourth-order valence-corrected chi connectivity index (χ4v) is 10.7. The summed E-state index contributed by atoms with van der Waals surface area (Å²) in [7, 11) is 0. The topological polar surface area (TPSA) is 157 Å². The summed E-state index contributed by atoms with van der Waals surface area (Å²) in [5, 5.41) is 16.0. The number of ether oxygens (including phenoxy) is 2. The smallest absolute Gasteiger partial charge is 0.290 e. The number of fused-ring (bicyclic) bond motifs is 3. The second-order valence-electron chi connectivity index (χ2n) is 18.2. The lowest BCUT2D eigenvalue weighted by Gasteiger charge is -2.63. The molecule has 3 aromatic carbocycles. The Morgan fingerprint density at radius 1 is 0.950 bits per heavy atom. The standard InChI is InChI=1S/C46H49ClN6O7/c1-45(2)43(46(3,4)44(45)59-31-11-7-28(21-48)35(47)20-31)50-40(55)27-5-9-30(10-6-27)58-32-23-51(24-32)22-26-15-17-52(18-16-26)29-8-12-33-34-25-53(36-13-14-38(54)49-41(36)56)42(57)39(34)60-37(33)19-29/h5-12,19-20,26,32,36,43-44H,13-18,22-25H2,1-4H3,(H,50,55)(H,49,54,56). The monoisotopic (exact) mass is 832 g/mol. The Labute approximate surface area is 353 Å². The maximum absolute atomic E-state index is 13.4. The number of nitrogens with one attached hydrogen (secondary N) is 2. The molecular weight excluding hydrogens is 784 g/mol. The SMILES string of the molecule is CC1(C)C(NC(=O)c2ccc(OC3CN(CC4CCN(c5ccc6c7c(oc6c5)C(=O)N(C5CCC(=O)NC5=O)C7)CC4)C3)cc2)C(C)(C)C1Oc1ccc(C#N)c(Cl)c1. The highest BCUT2D eigenvalue weighted by atomic mass is 35.5. The third-order valence-electron chi connectivity index (χ3n) is 13.4. The van der Waals surface area contributed by atoms with E-state index in [4.69, 9.17) is 25.5 Å². The van der Waals surface area contributed by atoms with Gasteiger partial charge in [-0.25, -0.2) is 0 Å². The fraction of sp³-hybridized carbons (Fsp3) is 0.457. The number of halogens is 1. The van der Waals surface area contributed by atoms with E-state index < -0.39 is 11.9 Å². The fourth-order valence-electron chi connectivity index (χ4n) is 10.4. The molecule has 9 rings (SSSR count). The van der Waals surface area contributed by atoms with Gasteiger partial charge in [0.2, 0.25) is 11.8 Å². The number of benzene rings is 3. The Morgan fingerprint density at radius 3 is 2.35 bits per heavy atom. The van der Waals surface area contributed by atoms with E-state index in [0.717, 1.165) is 68.0 Å². The molecule has 1 aromatic heterocycles. The number of likely N-dealkylation sites (tertiary alicyclic amines) is 1. The van der Waals surface area contributed by atoms with Crippen molar-refractivity contribution in [1.82, 2.24) is 20.4 Å². The number of amides is 4. The Morgan fingerprint density at radius 2 is 1.67 bits per heavy atom. The molecule has 0 spiro atoms. The molecule has 4 aliphatic heterocycles. The van der Waals surface area contributed by atoms with Crippen molar-refractivity contribution in [2.45, 2.75) is 84.2 Å². The quantitative estimate of drug-likeness (QED) is 0.174. The Hall–Kier alpha value is -5.58. The molecule has 4 fully saturated rings. The van der Waals surface area contributed by atoms with Gasteiger partial charge in [0, 0.05) is 90.3 Å². The summed E-state index contributed by atoms with van der Waals surface area (Å²) in [6, 6.07) is 19.8. The summed E-state index contributed by atoms with van der Waals surface area (Å²) in [6.07, 6.45) is 2.61. The van der Waals surface area contributed by atoms with Crippen molar-refractivity contribution in [1.29, 1.82) is 5.26 Å². The van der Waals surface area contributed by atoms with Crippen molar-refractivity contribution in [3.8, 4) is 17.6 Å². The van der Waals surface area contributed by atoms with Gasteiger partial charge in [0.15, 0.2) is 5.76 Å². The second-order valence-corrected chi connectivity index (χ2v) is 18.6. The van der Waals surface area contributed by atoms with Crippen LogP contribution in [0.4, 0.5) is 5.69 Å². The van der Waals surface area contributed by atoms with E-state index in [1.54, 1.807) is 18.2 Å². The number of nitrogens with zero attached hydrogens (tertiary/aromatic N) is 4. The van der Waals surface area contributed by atoms with Gasteiger partial charge in [-0.1, -0.05) is 39.3 Å². The van der Waals surface area contributed by atoms with Crippen LogP contribution in [0.3, 0.4) is 0 Å². The molecule has 60 heavy (non-hydrogen) atoms. The molecule has 1 unspecified atom stereocenters. The summed E-state index contributed by atoms with van der Waals surface area (Å²) in [4.78, 5) is 57.0. The van der Waals surface area contributed by atoms with Crippen LogP contribution in [0.15, 0.2) is 65.1 Å². The molecular formula is C46H49ClN6O7. The Balaban J connectivity index is 0.712. The second kappa shape index (κ2) is 15.2. The zero-order chi connectivity index (χ0) is 42.1. The van der Waals surface area contributed by atoms with Crippen LogP contribution in [0.1, 0.15) is 85.4 Å². The first kappa shape index (κ1) is 39.9. The molecule has 5 aliphatic rings. The third-order valence-corrected chi connectivity index (χ3v) is 13.7. The third kappa shape index (κ3) is 7.13. The van der Waals surface area contributed by atoms with Gasteiger partial charge in [0.05, 0.1) is 17.1 Å². The zero-order valence-corrected chi connectivity index (χ0v) is 35.0. The van der Waals surface area contributed by atoms with Crippen LogP contribution >= 0.6 is 11.6 Å². The van der Waals surface area contributed by atoms with Crippen LogP contribution < -0.4 is 25.0 Å². The van der Waals surface area contributed by atoms with Crippen molar-refractivity contribution in [3.05, 3.63) is 88.1 Å². The van der Waals surface area contributed by atoms with E-state index in [0.29, 0.717) is 46.4 Å². The largest absolute Gasteiger partial charge is 0.489 e. The molecule has 4 aromatic rings. The zero-order valence-electron chi connectivity index (χ0n) is 34.3. The van der Waals surface area contributed by atoms with Crippen molar-refractivity contribution < 1.29 is 33.1 Å². The van der Waals surface area contributed by atoms with Crippen LogP contribution in [0.25, 0.3) is 11.0 Å². The maximum atomic E-state index is 13.4. The van der Waals surface area contributed by atoms with Crippen LogP contribution in [0.5, 0.6) is 11.5 Å². The number of carbonyl (C=O) groups excluding carboxylic acids is 4. The predicted molar refractivity (Wildman–Crippen MR) is 224 cm³/mol. The van der Waals surface area contributed by atoms with Crippen molar-refractivity contribution in [3.63, 3.8) is 0 Å². The molecule has 312 valence electrons. The lowest BCUT2D eigenvalue weighted by Crippen LogP contribution is -2.74. The molecule has 0 bridgehead atoms. The minimum Gasteiger partial charge on any atom is -0.489 e. The number of imide groups is 1. The number of furan rings is 1. The van der Waals surface area contributed by atoms with Gasteiger partial charge in [0.25, 0.3) is 11.8 Å². The molecule has 3 saturated heterocycles. The molecule has 13 nitrogen and oxygen atoms in total. The summed E-state index contributed by atoms with van der Waals surface area (Å²) in [5.41, 5.74) is 2.80. The van der Waals surface area contributed by atoms with Crippen molar-refractivity contribution >= 4 is 51.9 Å². The molecule has 0 radical (unpaired) electrons. The normalized spacial score (nSPS) is 24.0. The number of piperidine rings is 2. The first-order chi connectivity index (χ1) is 28.7. The minimum absolute atomic E-state index is 0.105.